The average molecular weight is 184 g/mol. The molecule has 11 heavy (non-hydrogen) atoms. The van der Waals surface area contributed by atoms with E-state index in [4.69, 9.17) is 11.6 Å². The van der Waals surface area contributed by atoms with Crippen molar-refractivity contribution in [2.45, 2.75) is 4.90 Å². The molecule has 0 fully saturated rings. The lowest BCUT2D eigenvalue weighted by Crippen LogP contribution is -1.93. The molecule has 0 unspecified atom stereocenters. The van der Waals surface area contributed by atoms with Gasteiger partial charge in [0, 0.05) is 6.20 Å². The van der Waals surface area contributed by atoms with Gasteiger partial charge in [0.1, 0.15) is 0 Å². The number of hydrogen-bond donors (Lipinski definition) is 1. The quantitative estimate of drug-likeness (QED) is 0.662. The number of halogens is 1. The Balaban J connectivity index is 2.54. The Morgan fingerprint density at radius 3 is 3.09 bits per heavy atom. The van der Waals surface area contributed by atoms with Gasteiger partial charge in [-0.25, -0.2) is 0 Å². The van der Waals surface area contributed by atoms with Crippen molar-refractivity contribution in [1.29, 1.82) is 0 Å². The largest absolute Gasteiger partial charge is 0.360 e. The molecule has 0 saturated carbocycles. The van der Waals surface area contributed by atoms with E-state index in [1.54, 1.807) is 11.8 Å². The molecule has 0 amide bonds. The standard InChI is InChI=1S/C8H6ClNS/c9-6-2-1-3-7-8(6)11-5-4-10-7/h1-5,10H. The number of hydrogen-bond acceptors (Lipinski definition) is 2. The Hall–Kier alpha value is -0.600. The first-order chi connectivity index (χ1) is 5.38. The first-order valence-corrected chi connectivity index (χ1v) is 4.50. The van der Waals surface area contributed by atoms with Crippen LogP contribution in [0.1, 0.15) is 0 Å². The van der Waals surface area contributed by atoms with E-state index in [0.717, 1.165) is 15.6 Å². The second-order valence-electron chi connectivity index (χ2n) is 2.18. The molecule has 3 heteroatoms. The molecule has 0 radical (unpaired) electrons. The Morgan fingerprint density at radius 1 is 1.36 bits per heavy atom. The predicted molar refractivity (Wildman–Crippen MR) is 50.1 cm³/mol. The normalized spacial score (nSPS) is 13.9. The fourth-order valence-electron chi connectivity index (χ4n) is 0.968. The van der Waals surface area contributed by atoms with Crippen molar-refractivity contribution in [2.75, 3.05) is 5.32 Å². The van der Waals surface area contributed by atoms with Crippen molar-refractivity contribution >= 4 is 29.1 Å². The van der Waals surface area contributed by atoms with Crippen LogP contribution in [0.25, 0.3) is 0 Å². The highest BCUT2D eigenvalue weighted by Crippen LogP contribution is 2.37. The lowest BCUT2D eigenvalue weighted by molar-refractivity contribution is 1.41. The minimum Gasteiger partial charge on any atom is -0.360 e. The first kappa shape index (κ1) is 7.07. The van der Waals surface area contributed by atoms with Crippen molar-refractivity contribution in [2.24, 2.45) is 0 Å². The fraction of sp³-hybridized carbons (Fsp3) is 0. The number of fused-ring (bicyclic) bond motifs is 1. The van der Waals surface area contributed by atoms with Gasteiger partial charge in [0.15, 0.2) is 0 Å². The second-order valence-corrected chi connectivity index (χ2v) is 3.50. The molecule has 1 aliphatic rings. The minimum absolute atomic E-state index is 0.810. The monoisotopic (exact) mass is 183 g/mol. The molecule has 0 aliphatic carbocycles. The number of rotatable bonds is 0. The van der Waals surface area contributed by atoms with Crippen LogP contribution in [0, 0.1) is 0 Å². The zero-order valence-corrected chi connectivity index (χ0v) is 7.25. The molecule has 1 heterocycles. The third-order valence-electron chi connectivity index (χ3n) is 1.46. The summed E-state index contributed by atoms with van der Waals surface area (Å²) in [4.78, 5) is 1.11. The summed E-state index contributed by atoms with van der Waals surface area (Å²) < 4.78 is 0. The van der Waals surface area contributed by atoms with E-state index in [1.807, 2.05) is 29.8 Å². The molecule has 1 aromatic rings. The van der Waals surface area contributed by atoms with Crippen LogP contribution in [0.5, 0.6) is 0 Å². The molecule has 0 spiro atoms. The third kappa shape index (κ3) is 1.24. The first-order valence-electron chi connectivity index (χ1n) is 3.24. The van der Waals surface area contributed by atoms with E-state index < -0.39 is 0 Å². The lowest BCUT2D eigenvalue weighted by atomic mass is 10.3. The molecule has 0 bridgehead atoms. The average Bonchev–Trinajstić information content (AvgIpc) is 2.06. The number of anilines is 1. The Bertz CT molecular complexity index is 309. The topological polar surface area (TPSA) is 12.0 Å². The van der Waals surface area contributed by atoms with Crippen LogP contribution >= 0.6 is 23.4 Å². The van der Waals surface area contributed by atoms with E-state index in [1.165, 1.54) is 0 Å². The minimum atomic E-state index is 0.810. The summed E-state index contributed by atoms with van der Waals surface area (Å²) in [6.45, 7) is 0. The van der Waals surface area contributed by atoms with E-state index >= 15 is 0 Å². The van der Waals surface area contributed by atoms with Crippen molar-refractivity contribution in [1.82, 2.24) is 0 Å². The summed E-state index contributed by atoms with van der Waals surface area (Å²) in [6.07, 6.45) is 1.91. The molecule has 1 nitrogen and oxygen atoms in total. The van der Waals surface area contributed by atoms with Crippen molar-refractivity contribution < 1.29 is 0 Å². The smallest absolute Gasteiger partial charge is 0.0566 e. The van der Waals surface area contributed by atoms with Crippen LogP contribution in [0.15, 0.2) is 34.7 Å². The molecular weight excluding hydrogens is 178 g/mol. The Kier molecular flexibility index (Phi) is 1.80. The Labute approximate surface area is 74.4 Å². The maximum absolute atomic E-state index is 5.95. The molecule has 1 aromatic carbocycles. The summed E-state index contributed by atoms with van der Waals surface area (Å²) in [5.41, 5.74) is 1.09. The van der Waals surface area contributed by atoms with Crippen molar-refractivity contribution in [3.05, 3.63) is 34.8 Å². The second kappa shape index (κ2) is 2.80. The van der Waals surface area contributed by atoms with Crippen LogP contribution in [0.4, 0.5) is 5.69 Å². The highest BCUT2D eigenvalue weighted by atomic mass is 35.5. The molecule has 56 valence electrons. The van der Waals surface area contributed by atoms with Gasteiger partial charge in [0.25, 0.3) is 0 Å². The number of thioether (sulfide) groups is 1. The Morgan fingerprint density at radius 2 is 2.27 bits per heavy atom. The van der Waals surface area contributed by atoms with Gasteiger partial charge in [-0.15, -0.1) is 0 Å². The lowest BCUT2D eigenvalue weighted by Gasteiger charge is -2.12. The number of benzene rings is 1. The molecule has 2 rings (SSSR count). The summed E-state index contributed by atoms with van der Waals surface area (Å²) in [5, 5.41) is 5.91. The van der Waals surface area contributed by atoms with Gasteiger partial charge < -0.3 is 5.32 Å². The van der Waals surface area contributed by atoms with Gasteiger partial charge in [-0.3, -0.25) is 0 Å². The van der Waals surface area contributed by atoms with Gasteiger partial charge in [-0.1, -0.05) is 29.4 Å². The van der Waals surface area contributed by atoms with Gasteiger partial charge in [-0.05, 0) is 17.5 Å². The van der Waals surface area contributed by atoms with Crippen LogP contribution in [0.2, 0.25) is 5.02 Å². The van der Waals surface area contributed by atoms with Gasteiger partial charge in [0.2, 0.25) is 0 Å². The third-order valence-corrected chi connectivity index (χ3v) is 2.83. The van der Waals surface area contributed by atoms with Gasteiger partial charge >= 0.3 is 0 Å². The maximum Gasteiger partial charge on any atom is 0.0566 e. The van der Waals surface area contributed by atoms with Crippen LogP contribution in [-0.4, -0.2) is 0 Å². The van der Waals surface area contributed by atoms with E-state index in [9.17, 15) is 0 Å². The van der Waals surface area contributed by atoms with Crippen LogP contribution < -0.4 is 5.32 Å². The predicted octanol–water partition coefficient (Wildman–Crippen LogP) is 3.33. The van der Waals surface area contributed by atoms with Gasteiger partial charge in [0.05, 0.1) is 15.6 Å². The van der Waals surface area contributed by atoms with Crippen LogP contribution in [0.3, 0.4) is 0 Å². The molecule has 0 atom stereocenters. The summed E-state index contributed by atoms with van der Waals surface area (Å²) in [5.74, 6) is 0. The van der Waals surface area contributed by atoms with E-state index in [-0.39, 0.29) is 0 Å². The molecule has 1 N–H and O–H groups in total. The van der Waals surface area contributed by atoms with Crippen molar-refractivity contribution in [3.63, 3.8) is 0 Å². The fourth-order valence-corrected chi connectivity index (χ4v) is 1.98. The highest BCUT2D eigenvalue weighted by Gasteiger charge is 2.07. The summed E-state index contributed by atoms with van der Waals surface area (Å²) >= 11 is 7.59. The molecule has 1 aliphatic heterocycles. The van der Waals surface area contributed by atoms with Gasteiger partial charge in [-0.2, -0.15) is 0 Å². The zero-order valence-electron chi connectivity index (χ0n) is 5.67. The number of nitrogens with one attached hydrogen (secondary N) is 1. The molecule has 0 aromatic heterocycles. The van der Waals surface area contributed by atoms with E-state index in [2.05, 4.69) is 5.32 Å². The molecule has 0 saturated heterocycles. The van der Waals surface area contributed by atoms with Crippen LogP contribution in [-0.2, 0) is 0 Å². The molecular formula is C8H6ClNS. The summed E-state index contributed by atoms with van der Waals surface area (Å²) in [7, 11) is 0. The van der Waals surface area contributed by atoms with Crippen molar-refractivity contribution in [3.8, 4) is 0 Å². The SMILES string of the molecule is Clc1cccc2c1SC=CN2. The maximum atomic E-state index is 5.95. The highest BCUT2D eigenvalue weighted by molar-refractivity contribution is 8.02. The summed E-state index contributed by atoms with van der Waals surface area (Å²) in [6, 6.07) is 5.85. The van der Waals surface area contributed by atoms with E-state index in [0.29, 0.717) is 0 Å². The zero-order chi connectivity index (χ0) is 7.68.